The van der Waals surface area contributed by atoms with E-state index >= 15 is 0 Å². The second-order valence-corrected chi connectivity index (χ2v) is 6.37. The number of benzene rings is 1. The first-order chi connectivity index (χ1) is 8.47. The monoisotopic (exact) mass is 272 g/mol. The SMILES string of the molecule is CC1CC(NS(=O)(=O)c2cccc(F)c2)CCN1. The van der Waals surface area contributed by atoms with Crippen LogP contribution >= 0.6 is 0 Å². The Balaban J connectivity index is 2.12. The van der Waals surface area contributed by atoms with Gasteiger partial charge in [0.1, 0.15) is 5.82 Å². The molecule has 4 nitrogen and oxygen atoms in total. The third-order valence-corrected chi connectivity index (χ3v) is 4.57. The van der Waals surface area contributed by atoms with Gasteiger partial charge in [-0.1, -0.05) is 6.07 Å². The molecule has 1 aromatic carbocycles. The highest BCUT2D eigenvalue weighted by atomic mass is 32.2. The third-order valence-electron chi connectivity index (χ3n) is 3.05. The molecule has 1 aliphatic heterocycles. The van der Waals surface area contributed by atoms with Gasteiger partial charge in [0.05, 0.1) is 4.90 Å². The highest BCUT2D eigenvalue weighted by Gasteiger charge is 2.24. The molecule has 2 N–H and O–H groups in total. The second-order valence-electron chi connectivity index (χ2n) is 4.66. The summed E-state index contributed by atoms with van der Waals surface area (Å²) in [5.74, 6) is -0.545. The van der Waals surface area contributed by atoms with E-state index < -0.39 is 15.8 Å². The molecule has 1 heterocycles. The number of rotatable bonds is 3. The van der Waals surface area contributed by atoms with E-state index in [0.29, 0.717) is 6.04 Å². The summed E-state index contributed by atoms with van der Waals surface area (Å²) in [4.78, 5) is -0.0197. The van der Waals surface area contributed by atoms with E-state index in [1.54, 1.807) is 0 Å². The minimum Gasteiger partial charge on any atom is -0.314 e. The van der Waals surface area contributed by atoms with Gasteiger partial charge in [0.2, 0.25) is 10.0 Å². The molecule has 0 radical (unpaired) electrons. The molecule has 2 rings (SSSR count). The van der Waals surface area contributed by atoms with Gasteiger partial charge in [-0.15, -0.1) is 0 Å². The number of halogens is 1. The van der Waals surface area contributed by atoms with Crippen LogP contribution in [0.3, 0.4) is 0 Å². The molecule has 0 spiro atoms. The van der Waals surface area contributed by atoms with E-state index in [4.69, 9.17) is 0 Å². The van der Waals surface area contributed by atoms with Crippen LogP contribution in [0, 0.1) is 5.82 Å². The van der Waals surface area contributed by atoms with Gasteiger partial charge in [0.25, 0.3) is 0 Å². The van der Waals surface area contributed by atoms with Crippen molar-refractivity contribution in [3.05, 3.63) is 30.1 Å². The summed E-state index contributed by atoms with van der Waals surface area (Å²) in [7, 11) is -3.62. The van der Waals surface area contributed by atoms with Gasteiger partial charge in [-0.05, 0) is 44.5 Å². The molecule has 1 aromatic rings. The van der Waals surface area contributed by atoms with Gasteiger partial charge in [-0.3, -0.25) is 0 Å². The second kappa shape index (κ2) is 5.34. The summed E-state index contributed by atoms with van der Waals surface area (Å²) in [5.41, 5.74) is 0. The van der Waals surface area contributed by atoms with Gasteiger partial charge in [-0.25, -0.2) is 17.5 Å². The highest BCUT2D eigenvalue weighted by Crippen LogP contribution is 2.15. The minimum absolute atomic E-state index is 0.0197. The predicted molar refractivity (Wildman–Crippen MR) is 67.2 cm³/mol. The van der Waals surface area contributed by atoms with Gasteiger partial charge in [0, 0.05) is 12.1 Å². The molecule has 18 heavy (non-hydrogen) atoms. The minimum atomic E-state index is -3.62. The van der Waals surface area contributed by atoms with Gasteiger partial charge in [0.15, 0.2) is 0 Å². The molecular weight excluding hydrogens is 255 g/mol. The standard InChI is InChI=1S/C12H17FN2O2S/c1-9-7-11(5-6-14-9)15-18(16,17)12-4-2-3-10(13)8-12/h2-4,8-9,11,14-15H,5-7H2,1H3. The smallest absolute Gasteiger partial charge is 0.240 e. The molecule has 0 bridgehead atoms. The maximum absolute atomic E-state index is 13.0. The Morgan fingerprint density at radius 2 is 2.22 bits per heavy atom. The van der Waals surface area contributed by atoms with E-state index in [0.717, 1.165) is 25.5 Å². The lowest BCUT2D eigenvalue weighted by molar-refractivity contribution is 0.361. The molecule has 0 saturated carbocycles. The molecule has 0 amide bonds. The fourth-order valence-corrected chi connectivity index (χ4v) is 3.48. The number of nitrogens with one attached hydrogen (secondary N) is 2. The maximum Gasteiger partial charge on any atom is 0.240 e. The van der Waals surface area contributed by atoms with Crippen LogP contribution in [-0.2, 0) is 10.0 Å². The Hall–Kier alpha value is -0.980. The van der Waals surface area contributed by atoms with Crippen molar-refractivity contribution in [3.63, 3.8) is 0 Å². The zero-order chi connectivity index (χ0) is 13.2. The van der Waals surface area contributed by atoms with Gasteiger partial charge >= 0.3 is 0 Å². The zero-order valence-electron chi connectivity index (χ0n) is 10.2. The fraction of sp³-hybridized carbons (Fsp3) is 0.500. The molecule has 0 aliphatic carbocycles. The maximum atomic E-state index is 13.0. The Bertz CT molecular complexity index is 519. The number of hydrogen-bond donors (Lipinski definition) is 2. The summed E-state index contributed by atoms with van der Waals surface area (Å²) < 4.78 is 39.8. The molecule has 0 aromatic heterocycles. The van der Waals surface area contributed by atoms with Crippen molar-refractivity contribution in [2.24, 2.45) is 0 Å². The average molecular weight is 272 g/mol. The van der Waals surface area contributed by atoms with Crippen LogP contribution in [0.2, 0.25) is 0 Å². The van der Waals surface area contributed by atoms with Crippen molar-refractivity contribution in [1.29, 1.82) is 0 Å². The average Bonchev–Trinajstić information content (AvgIpc) is 2.28. The summed E-state index contributed by atoms with van der Waals surface area (Å²) in [5, 5.41) is 3.25. The van der Waals surface area contributed by atoms with Crippen LogP contribution in [0.4, 0.5) is 4.39 Å². The van der Waals surface area contributed by atoms with E-state index in [1.807, 2.05) is 6.92 Å². The third kappa shape index (κ3) is 3.28. The van der Waals surface area contributed by atoms with Crippen LogP contribution in [0.15, 0.2) is 29.2 Å². The number of hydrogen-bond acceptors (Lipinski definition) is 3. The van der Waals surface area contributed by atoms with Crippen LogP contribution in [0.25, 0.3) is 0 Å². The fourth-order valence-electron chi connectivity index (χ4n) is 2.16. The van der Waals surface area contributed by atoms with Gasteiger partial charge < -0.3 is 5.32 Å². The quantitative estimate of drug-likeness (QED) is 0.870. The first-order valence-corrected chi connectivity index (χ1v) is 7.47. The van der Waals surface area contributed by atoms with Crippen molar-refractivity contribution < 1.29 is 12.8 Å². The van der Waals surface area contributed by atoms with Gasteiger partial charge in [-0.2, -0.15) is 0 Å². The molecule has 1 aliphatic rings. The Kier molecular flexibility index (Phi) is 3.99. The van der Waals surface area contributed by atoms with Crippen LogP contribution in [0.5, 0.6) is 0 Å². The van der Waals surface area contributed by atoms with E-state index in [-0.39, 0.29) is 10.9 Å². The van der Waals surface area contributed by atoms with E-state index in [2.05, 4.69) is 10.0 Å². The van der Waals surface area contributed by atoms with Crippen molar-refractivity contribution in [2.75, 3.05) is 6.54 Å². The molecule has 6 heteroatoms. The van der Waals surface area contributed by atoms with Crippen molar-refractivity contribution in [3.8, 4) is 0 Å². The van der Waals surface area contributed by atoms with Crippen molar-refractivity contribution >= 4 is 10.0 Å². The largest absolute Gasteiger partial charge is 0.314 e. The molecule has 2 atom stereocenters. The van der Waals surface area contributed by atoms with Crippen molar-refractivity contribution in [1.82, 2.24) is 10.0 Å². The molecular formula is C12H17FN2O2S. The zero-order valence-corrected chi connectivity index (χ0v) is 11.0. The highest BCUT2D eigenvalue weighted by molar-refractivity contribution is 7.89. The predicted octanol–water partition coefficient (Wildman–Crippen LogP) is 1.24. The number of piperidine rings is 1. The molecule has 1 fully saturated rings. The normalized spacial score (nSPS) is 25.0. The van der Waals surface area contributed by atoms with Crippen LogP contribution in [0.1, 0.15) is 19.8 Å². The Labute approximate surface area is 107 Å². The lowest BCUT2D eigenvalue weighted by Gasteiger charge is -2.28. The molecule has 2 unspecified atom stereocenters. The molecule has 100 valence electrons. The van der Waals surface area contributed by atoms with Crippen LogP contribution < -0.4 is 10.0 Å². The van der Waals surface area contributed by atoms with Crippen LogP contribution in [-0.4, -0.2) is 27.0 Å². The Morgan fingerprint density at radius 1 is 1.44 bits per heavy atom. The summed E-state index contributed by atoms with van der Waals surface area (Å²) >= 11 is 0. The van der Waals surface area contributed by atoms with E-state index in [9.17, 15) is 12.8 Å². The Morgan fingerprint density at radius 3 is 2.89 bits per heavy atom. The summed E-state index contributed by atoms with van der Waals surface area (Å²) in [6.45, 7) is 2.81. The topological polar surface area (TPSA) is 58.2 Å². The summed E-state index contributed by atoms with van der Waals surface area (Å²) in [6.07, 6.45) is 1.49. The lowest BCUT2D eigenvalue weighted by atomic mass is 10.0. The number of sulfonamides is 1. The first kappa shape index (κ1) is 13.5. The summed E-state index contributed by atoms with van der Waals surface area (Å²) in [6, 6.07) is 5.26. The van der Waals surface area contributed by atoms with Crippen molar-refractivity contribution in [2.45, 2.75) is 36.7 Å². The lowest BCUT2D eigenvalue weighted by Crippen LogP contribution is -2.46. The molecule has 1 saturated heterocycles. The first-order valence-electron chi connectivity index (χ1n) is 5.98. The van der Waals surface area contributed by atoms with E-state index in [1.165, 1.54) is 18.2 Å².